The lowest BCUT2D eigenvalue weighted by molar-refractivity contribution is -0.136. The van der Waals surface area contributed by atoms with E-state index in [9.17, 15) is 4.79 Å². The smallest absolute Gasteiger partial charge is 0.237 e. The normalized spacial score (nSPS) is 24.2. The zero-order valence-corrected chi connectivity index (χ0v) is 16.1. The SMILES string of the molecule is CC1=C(c2ccccc2)N(C2CCCCC2)C(=O)C1(C)CCCCC#N. The quantitative estimate of drug-likeness (QED) is 0.619. The van der Waals surface area contributed by atoms with Gasteiger partial charge in [0.2, 0.25) is 5.91 Å². The second-order valence-electron chi connectivity index (χ2n) is 8.00. The summed E-state index contributed by atoms with van der Waals surface area (Å²) in [5.74, 6) is 0.276. The highest BCUT2D eigenvalue weighted by molar-refractivity contribution is 6.00. The minimum absolute atomic E-state index is 0.276. The average molecular weight is 351 g/mol. The van der Waals surface area contributed by atoms with Crippen LogP contribution in [0.15, 0.2) is 35.9 Å². The molecule has 0 N–H and O–H groups in total. The molecule has 3 rings (SSSR count). The van der Waals surface area contributed by atoms with Crippen molar-refractivity contribution in [2.24, 2.45) is 5.41 Å². The maximum absolute atomic E-state index is 13.6. The van der Waals surface area contributed by atoms with Crippen LogP contribution in [0.5, 0.6) is 0 Å². The lowest BCUT2D eigenvalue weighted by Gasteiger charge is -2.35. The molecule has 1 aromatic carbocycles. The van der Waals surface area contributed by atoms with E-state index in [0.29, 0.717) is 12.5 Å². The minimum atomic E-state index is -0.432. The molecule has 1 unspecified atom stereocenters. The van der Waals surface area contributed by atoms with Crippen LogP contribution >= 0.6 is 0 Å². The lowest BCUT2D eigenvalue weighted by Crippen LogP contribution is -2.42. The molecular formula is C23H30N2O. The van der Waals surface area contributed by atoms with Gasteiger partial charge in [-0.3, -0.25) is 4.79 Å². The molecular weight excluding hydrogens is 320 g/mol. The van der Waals surface area contributed by atoms with Crippen LogP contribution in [0, 0.1) is 16.7 Å². The Morgan fingerprint density at radius 3 is 2.50 bits per heavy atom. The Labute approximate surface area is 157 Å². The van der Waals surface area contributed by atoms with Gasteiger partial charge in [0.1, 0.15) is 0 Å². The number of unbranched alkanes of at least 4 members (excludes halogenated alkanes) is 2. The Morgan fingerprint density at radius 1 is 1.15 bits per heavy atom. The van der Waals surface area contributed by atoms with Gasteiger partial charge in [-0.1, -0.05) is 56.0 Å². The highest BCUT2D eigenvalue weighted by Crippen LogP contribution is 2.49. The van der Waals surface area contributed by atoms with Gasteiger partial charge in [0.15, 0.2) is 0 Å². The molecule has 2 aliphatic rings. The van der Waals surface area contributed by atoms with E-state index < -0.39 is 5.41 Å². The van der Waals surface area contributed by atoms with Crippen molar-refractivity contribution < 1.29 is 4.79 Å². The largest absolute Gasteiger partial charge is 0.308 e. The van der Waals surface area contributed by atoms with Crippen LogP contribution in [0.2, 0.25) is 0 Å². The van der Waals surface area contributed by atoms with Gasteiger partial charge in [-0.2, -0.15) is 5.26 Å². The Hall–Kier alpha value is -2.08. The molecule has 138 valence electrons. The van der Waals surface area contributed by atoms with E-state index >= 15 is 0 Å². The fraction of sp³-hybridized carbons (Fsp3) is 0.565. The summed E-state index contributed by atoms with van der Waals surface area (Å²) in [5.41, 5.74) is 3.07. The molecule has 0 aromatic heterocycles. The zero-order valence-electron chi connectivity index (χ0n) is 16.1. The number of hydrogen-bond acceptors (Lipinski definition) is 2. The van der Waals surface area contributed by atoms with Gasteiger partial charge in [-0.25, -0.2) is 0 Å². The maximum atomic E-state index is 13.6. The molecule has 1 amide bonds. The van der Waals surface area contributed by atoms with E-state index in [0.717, 1.165) is 43.4 Å². The Balaban J connectivity index is 1.95. The second-order valence-corrected chi connectivity index (χ2v) is 8.00. The summed E-state index contributed by atoms with van der Waals surface area (Å²) < 4.78 is 0. The van der Waals surface area contributed by atoms with E-state index in [4.69, 9.17) is 5.26 Å². The van der Waals surface area contributed by atoms with Crippen molar-refractivity contribution in [1.29, 1.82) is 5.26 Å². The zero-order chi connectivity index (χ0) is 18.6. The molecule has 1 saturated carbocycles. The summed E-state index contributed by atoms with van der Waals surface area (Å²) in [5, 5.41) is 8.79. The van der Waals surface area contributed by atoms with Crippen LogP contribution in [0.1, 0.15) is 77.2 Å². The Kier molecular flexibility index (Phi) is 5.81. The highest BCUT2D eigenvalue weighted by Gasteiger charge is 2.49. The van der Waals surface area contributed by atoms with Gasteiger partial charge in [-0.15, -0.1) is 0 Å². The molecule has 1 atom stereocenters. The van der Waals surface area contributed by atoms with E-state index in [1.54, 1.807) is 0 Å². The summed E-state index contributed by atoms with van der Waals surface area (Å²) >= 11 is 0. The van der Waals surface area contributed by atoms with Crippen LogP contribution in [0.4, 0.5) is 0 Å². The molecule has 0 saturated heterocycles. The number of benzene rings is 1. The van der Waals surface area contributed by atoms with E-state index in [1.807, 2.05) is 6.07 Å². The number of rotatable bonds is 6. The first-order chi connectivity index (χ1) is 12.6. The summed E-state index contributed by atoms with van der Waals surface area (Å²) in [4.78, 5) is 15.8. The number of nitriles is 1. The van der Waals surface area contributed by atoms with Crippen LogP contribution in [-0.4, -0.2) is 16.8 Å². The minimum Gasteiger partial charge on any atom is -0.308 e. The first-order valence-electron chi connectivity index (χ1n) is 10.1. The van der Waals surface area contributed by atoms with Gasteiger partial charge in [0, 0.05) is 12.5 Å². The van der Waals surface area contributed by atoms with Crippen molar-refractivity contribution in [1.82, 2.24) is 4.90 Å². The van der Waals surface area contributed by atoms with Crippen LogP contribution in [0.3, 0.4) is 0 Å². The molecule has 26 heavy (non-hydrogen) atoms. The Bertz CT molecular complexity index is 709. The highest BCUT2D eigenvalue weighted by atomic mass is 16.2. The first kappa shape index (κ1) is 18.7. The number of nitrogens with zero attached hydrogens (tertiary/aromatic N) is 2. The summed E-state index contributed by atoms with van der Waals surface area (Å²) in [6.07, 6.45) is 9.14. The molecule has 0 spiro atoms. The molecule has 1 aliphatic carbocycles. The third-order valence-corrected chi connectivity index (χ3v) is 6.32. The van der Waals surface area contributed by atoms with Crippen molar-refractivity contribution in [3.8, 4) is 6.07 Å². The van der Waals surface area contributed by atoms with E-state index in [2.05, 4.69) is 49.1 Å². The van der Waals surface area contributed by atoms with Crippen molar-refractivity contribution >= 4 is 11.6 Å². The third-order valence-electron chi connectivity index (χ3n) is 6.32. The molecule has 1 aromatic rings. The monoisotopic (exact) mass is 350 g/mol. The molecule has 3 nitrogen and oxygen atoms in total. The van der Waals surface area contributed by atoms with Crippen LogP contribution < -0.4 is 0 Å². The fourth-order valence-electron chi connectivity index (χ4n) is 4.59. The van der Waals surface area contributed by atoms with E-state index in [1.165, 1.54) is 24.8 Å². The predicted molar refractivity (Wildman–Crippen MR) is 105 cm³/mol. The molecule has 1 aliphatic heterocycles. The summed E-state index contributed by atoms with van der Waals surface area (Å²) in [6, 6.07) is 13.0. The van der Waals surface area contributed by atoms with Gasteiger partial charge >= 0.3 is 0 Å². The second kappa shape index (κ2) is 8.08. The van der Waals surface area contributed by atoms with Crippen molar-refractivity contribution in [3.05, 3.63) is 41.5 Å². The first-order valence-corrected chi connectivity index (χ1v) is 10.1. The van der Waals surface area contributed by atoms with Gasteiger partial charge in [-0.05, 0) is 50.7 Å². The average Bonchev–Trinajstić information content (AvgIpc) is 2.88. The molecule has 1 heterocycles. The third kappa shape index (κ3) is 3.43. The topological polar surface area (TPSA) is 44.1 Å². The van der Waals surface area contributed by atoms with Crippen molar-refractivity contribution in [3.63, 3.8) is 0 Å². The van der Waals surface area contributed by atoms with Crippen molar-refractivity contribution in [2.75, 3.05) is 0 Å². The number of amides is 1. The molecule has 0 bridgehead atoms. The number of hydrogen-bond donors (Lipinski definition) is 0. The maximum Gasteiger partial charge on any atom is 0.237 e. The molecule has 0 radical (unpaired) electrons. The van der Waals surface area contributed by atoms with E-state index in [-0.39, 0.29) is 5.91 Å². The van der Waals surface area contributed by atoms with Crippen LogP contribution in [0.25, 0.3) is 5.70 Å². The summed E-state index contributed by atoms with van der Waals surface area (Å²) in [6.45, 7) is 4.26. The Morgan fingerprint density at radius 2 is 1.85 bits per heavy atom. The molecule has 1 fully saturated rings. The molecule has 3 heteroatoms. The predicted octanol–water partition coefficient (Wildman–Crippen LogP) is 5.68. The number of carbonyl (C=O) groups excluding carboxylic acids is 1. The van der Waals surface area contributed by atoms with Gasteiger partial charge in [0.25, 0.3) is 0 Å². The standard InChI is InChI=1S/C23H30N2O/c1-18-21(19-12-6-3-7-13-19)25(20-14-8-4-9-15-20)22(26)23(18,2)16-10-5-11-17-24/h3,6-7,12-13,20H,4-5,8-11,14-16H2,1-2H3. The fourth-order valence-corrected chi connectivity index (χ4v) is 4.59. The van der Waals surface area contributed by atoms with Gasteiger partial charge in [0.05, 0.1) is 17.2 Å². The van der Waals surface area contributed by atoms with Crippen molar-refractivity contribution in [2.45, 2.75) is 77.7 Å². The van der Waals surface area contributed by atoms with Gasteiger partial charge < -0.3 is 4.90 Å². The van der Waals surface area contributed by atoms with Crippen LogP contribution in [-0.2, 0) is 4.79 Å². The number of carbonyl (C=O) groups is 1. The lowest BCUT2D eigenvalue weighted by atomic mass is 9.78. The summed E-state index contributed by atoms with van der Waals surface area (Å²) in [7, 11) is 0.